The molecule has 0 amide bonds. The fourth-order valence-corrected chi connectivity index (χ4v) is 3.43. The normalized spacial score (nSPS) is 27.6. The smallest absolute Gasteiger partial charge is 0.0422 e. The van der Waals surface area contributed by atoms with E-state index in [0.717, 1.165) is 43.2 Å². The number of hydrogen-bond donors (Lipinski definition) is 1. The first-order valence-electron chi connectivity index (χ1n) is 8.25. The first-order chi connectivity index (χ1) is 9.52. The van der Waals surface area contributed by atoms with Gasteiger partial charge in [0.1, 0.15) is 0 Å². The van der Waals surface area contributed by atoms with E-state index in [1.54, 1.807) is 0 Å². The number of hydrogen-bond acceptors (Lipinski definition) is 2. The van der Waals surface area contributed by atoms with Crippen molar-refractivity contribution in [1.29, 1.82) is 0 Å². The lowest BCUT2D eigenvalue weighted by Crippen LogP contribution is -2.41. The van der Waals surface area contributed by atoms with Crippen LogP contribution in [0.2, 0.25) is 0 Å². The number of nitrogens with zero attached hydrogens (tertiary/aromatic N) is 1. The van der Waals surface area contributed by atoms with Crippen molar-refractivity contribution in [3.63, 3.8) is 0 Å². The van der Waals surface area contributed by atoms with Crippen molar-refractivity contribution in [2.45, 2.75) is 71.3 Å². The van der Waals surface area contributed by atoms with Crippen LogP contribution < -0.4 is 5.73 Å². The quantitative estimate of drug-likeness (QED) is 0.839. The van der Waals surface area contributed by atoms with E-state index in [0.29, 0.717) is 0 Å². The molecule has 2 nitrogen and oxygen atoms in total. The average molecular weight is 274 g/mol. The van der Waals surface area contributed by atoms with Crippen molar-refractivity contribution in [1.82, 2.24) is 4.98 Å². The lowest BCUT2D eigenvalue weighted by atomic mass is 9.84. The predicted octanol–water partition coefficient (Wildman–Crippen LogP) is 4.12. The summed E-state index contributed by atoms with van der Waals surface area (Å²) in [6, 6.07) is 4.36. The van der Waals surface area contributed by atoms with Gasteiger partial charge in [0, 0.05) is 23.9 Å². The first-order valence-corrected chi connectivity index (χ1v) is 8.25. The second-order valence-corrected chi connectivity index (χ2v) is 6.99. The maximum absolute atomic E-state index is 6.68. The van der Waals surface area contributed by atoms with Crippen LogP contribution in [-0.4, -0.2) is 10.5 Å². The van der Waals surface area contributed by atoms with Gasteiger partial charge < -0.3 is 5.73 Å². The van der Waals surface area contributed by atoms with Crippen molar-refractivity contribution in [2.75, 3.05) is 0 Å². The summed E-state index contributed by atoms with van der Waals surface area (Å²) in [6.07, 6.45) is 10.2. The molecule has 2 unspecified atom stereocenters. The summed E-state index contributed by atoms with van der Waals surface area (Å²) >= 11 is 0. The zero-order valence-electron chi connectivity index (χ0n) is 13.4. The molecule has 1 aromatic rings. The van der Waals surface area contributed by atoms with Crippen molar-refractivity contribution in [3.8, 4) is 0 Å². The van der Waals surface area contributed by atoms with Crippen molar-refractivity contribution >= 4 is 0 Å². The molecule has 0 aliphatic heterocycles. The Balaban J connectivity index is 1.99. The molecule has 0 aromatic carbocycles. The van der Waals surface area contributed by atoms with Crippen LogP contribution in [0.25, 0.3) is 0 Å². The summed E-state index contributed by atoms with van der Waals surface area (Å²) in [5.41, 5.74) is 9.11. The Labute approximate surface area is 124 Å². The Morgan fingerprint density at radius 3 is 2.70 bits per heavy atom. The van der Waals surface area contributed by atoms with E-state index in [1.807, 2.05) is 6.20 Å². The Bertz CT molecular complexity index is 410. The van der Waals surface area contributed by atoms with Gasteiger partial charge in [-0.3, -0.25) is 4.98 Å². The summed E-state index contributed by atoms with van der Waals surface area (Å²) in [7, 11) is 0. The molecule has 1 aliphatic rings. The van der Waals surface area contributed by atoms with Gasteiger partial charge in [0.05, 0.1) is 0 Å². The highest BCUT2D eigenvalue weighted by Crippen LogP contribution is 2.34. The Morgan fingerprint density at radius 2 is 2.10 bits per heavy atom. The fourth-order valence-electron chi connectivity index (χ4n) is 3.43. The second-order valence-electron chi connectivity index (χ2n) is 6.99. The number of aromatic nitrogens is 1. The third-order valence-electron chi connectivity index (χ3n) is 5.03. The van der Waals surface area contributed by atoms with Gasteiger partial charge in [-0.1, -0.05) is 39.7 Å². The van der Waals surface area contributed by atoms with Crippen LogP contribution in [0.15, 0.2) is 18.3 Å². The van der Waals surface area contributed by atoms with Gasteiger partial charge in [-0.15, -0.1) is 0 Å². The minimum atomic E-state index is -0.0373. The Morgan fingerprint density at radius 1 is 1.30 bits per heavy atom. The van der Waals surface area contributed by atoms with E-state index < -0.39 is 0 Å². The lowest BCUT2D eigenvalue weighted by molar-refractivity contribution is 0.321. The van der Waals surface area contributed by atoms with Crippen LogP contribution >= 0.6 is 0 Å². The molecule has 1 fully saturated rings. The van der Waals surface area contributed by atoms with Gasteiger partial charge in [0.15, 0.2) is 0 Å². The molecule has 2 rings (SSSR count). The SMILES string of the molecule is CCc1ccc(CC2(N)CCCC(C(C)C)CC2)nc1. The molecule has 112 valence electrons. The van der Waals surface area contributed by atoms with Crippen LogP contribution in [0.5, 0.6) is 0 Å². The predicted molar refractivity (Wildman–Crippen MR) is 85.7 cm³/mol. The molecule has 0 saturated heterocycles. The second kappa shape index (κ2) is 6.71. The van der Waals surface area contributed by atoms with Gasteiger partial charge in [0.25, 0.3) is 0 Å². The maximum Gasteiger partial charge on any atom is 0.0422 e. The fraction of sp³-hybridized carbons (Fsp3) is 0.722. The van der Waals surface area contributed by atoms with Crippen LogP contribution in [0.1, 0.15) is 64.1 Å². The van der Waals surface area contributed by atoms with Gasteiger partial charge >= 0.3 is 0 Å². The van der Waals surface area contributed by atoms with Gasteiger partial charge in [-0.2, -0.15) is 0 Å². The van der Waals surface area contributed by atoms with Gasteiger partial charge in [-0.25, -0.2) is 0 Å². The average Bonchev–Trinajstić information content (AvgIpc) is 2.62. The van der Waals surface area contributed by atoms with E-state index in [-0.39, 0.29) is 5.54 Å². The first kappa shape index (κ1) is 15.5. The minimum Gasteiger partial charge on any atom is -0.325 e. The molecular weight excluding hydrogens is 244 g/mol. The lowest BCUT2D eigenvalue weighted by Gasteiger charge is -2.28. The zero-order chi connectivity index (χ0) is 14.6. The standard InChI is InChI=1S/C18H30N2/c1-4-15-7-8-17(20-13-15)12-18(19)10-5-6-16(9-11-18)14(2)3/h7-8,13-14,16H,4-6,9-12,19H2,1-3H3. The molecule has 2 N–H and O–H groups in total. The summed E-state index contributed by atoms with van der Waals surface area (Å²) < 4.78 is 0. The van der Waals surface area contributed by atoms with E-state index in [4.69, 9.17) is 5.73 Å². The summed E-state index contributed by atoms with van der Waals surface area (Å²) in [4.78, 5) is 4.59. The molecule has 0 spiro atoms. The summed E-state index contributed by atoms with van der Waals surface area (Å²) in [5.74, 6) is 1.65. The molecule has 1 saturated carbocycles. The number of rotatable bonds is 4. The number of aryl methyl sites for hydroxylation is 1. The highest BCUT2D eigenvalue weighted by atomic mass is 14.8. The van der Waals surface area contributed by atoms with Crippen LogP contribution in [0.3, 0.4) is 0 Å². The molecular formula is C18H30N2. The molecule has 1 aromatic heterocycles. The number of pyridine rings is 1. The monoisotopic (exact) mass is 274 g/mol. The number of nitrogens with two attached hydrogens (primary N) is 1. The van der Waals surface area contributed by atoms with Crippen molar-refractivity contribution in [2.24, 2.45) is 17.6 Å². The minimum absolute atomic E-state index is 0.0373. The summed E-state index contributed by atoms with van der Waals surface area (Å²) in [5, 5.41) is 0. The van der Waals surface area contributed by atoms with Gasteiger partial charge in [-0.05, 0) is 49.1 Å². The maximum atomic E-state index is 6.68. The topological polar surface area (TPSA) is 38.9 Å². The highest BCUT2D eigenvalue weighted by molar-refractivity contribution is 5.16. The molecule has 20 heavy (non-hydrogen) atoms. The largest absolute Gasteiger partial charge is 0.325 e. The zero-order valence-corrected chi connectivity index (χ0v) is 13.4. The summed E-state index contributed by atoms with van der Waals surface area (Å²) in [6.45, 7) is 6.86. The van der Waals surface area contributed by atoms with Crippen LogP contribution in [0, 0.1) is 11.8 Å². The molecule has 1 aliphatic carbocycles. The van der Waals surface area contributed by atoms with Crippen molar-refractivity contribution < 1.29 is 0 Å². The van der Waals surface area contributed by atoms with Gasteiger partial charge in [0.2, 0.25) is 0 Å². The Hall–Kier alpha value is -0.890. The van der Waals surface area contributed by atoms with E-state index in [9.17, 15) is 0 Å². The third-order valence-corrected chi connectivity index (χ3v) is 5.03. The van der Waals surface area contributed by atoms with Crippen LogP contribution in [-0.2, 0) is 12.8 Å². The molecule has 2 heteroatoms. The van der Waals surface area contributed by atoms with E-state index in [2.05, 4.69) is 37.9 Å². The molecule has 2 atom stereocenters. The Kier molecular flexibility index (Phi) is 5.20. The van der Waals surface area contributed by atoms with Crippen molar-refractivity contribution in [3.05, 3.63) is 29.6 Å². The van der Waals surface area contributed by atoms with E-state index in [1.165, 1.54) is 24.8 Å². The molecule has 0 radical (unpaired) electrons. The van der Waals surface area contributed by atoms with Crippen LogP contribution in [0.4, 0.5) is 0 Å². The highest BCUT2D eigenvalue weighted by Gasteiger charge is 2.30. The molecule has 1 heterocycles. The third kappa shape index (κ3) is 4.05. The molecule has 0 bridgehead atoms. The van der Waals surface area contributed by atoms with E-state index >= 15 is 0 Å².